The molecule has 2 rings (SSSR count). The molecule has 1 aliphatic rings. The van der Waals surface area contributed by atoms with Gasteiger partial charge in [-0.15, -0.1) is 0 Å². The van der Waals surface area contributed by atoms with Gasteiger partial charge in [-0.25, -0.2) is 9.18 Å². The zero-order valence-electron chi connectivity index (χ0n) is 11.7. The minimum Gasteiger partial charge on any atom is -0.395 e. The smallest absolute Gasteiger partial charge is 0.317 e. The molecule has 1 aliphatic carbocycles. The molecule has 2 atom stereocenters. The minimum atomic E-state index is -0.241. The SMILES string of the molecule is CN(CCO)C(=O)NC1CCCC1c1ccc(F)cc1. The third-order valence-corrected chi connectivity index (χ3v) is 3.91. The molecule has 1 saturated carbocycles. The number of urea groups is 1. The summed E-state index contributed by atoms with van der Waals surface area (Å²) in [7, 11) is 1.66. The van der Waals surface area contributed by atoms with Gasteiger partial charge in [-0.1, -0.05) is 18.6 Å². The fourth-order valence-electron chi connectivity index (χ4n) is 2.76. The Kier molecular flexibility index (Phi) is 4.95. The standard InChI is InChI=1S/C15H21FN2O2/c1-18(9-10-19)15(20)17-14-4-2-3-13(14)11-5-7-12(16)8-6-11/h5-8,13-14,19H,2-4,9-10H2,1H3,(H,17,20). The van der Waals surface area contributed by atoms with Crippen LogP contribution in [0.3, 0.4) is 0 Å². The Morgan fingerprint density at radius 2 is 2.10 bits per heavy atom. The highest BCUT2D eigenvalue weighted by Crippen LogP contribution is 2.34. The van der Waals surface area contributed by atoms with Crippen LogP contribution in [0.1, 0.15) is 30.7 Å². The summed E-state index contributed by atoms with van der Waals surface area (Å²) in [6.07, 6.45) is 2.98. The number of carbonyl (C=O) groups is 1. The summed E-state index contributed by atoms with van der Waals surface area (Å²) in [5, 5.41) is 11.9. The number of benzene rings is 1. The van der Waals surface area contributed by atoms with Crippen LogP contribution in [0.5, 0.6) is 0 Å². The van der Waals surface area contributed by atoms with Crippen molar-refractivity contribution in [3.8, 4) is 0 Å². The molecule has 0 aromatic heterocycles. The van der Waals surface area contributed by atoms with Gasteiger partial charge in [0.15, 0.2) is 0 Å². The van der Waals surface area contributed by atoms with E-state index < -0.39 is 0 Å². The van der Waals surface area contributed by atoms with E-state index in [0.29, 0.717) is 6.54 Å². The highest BCUT2D eigenvalue weighted by atomic mass is 19.1. The van der Waals surface area contributed by atoms with Crippen LogP contribution in [0.2, 0.25) is 0 Å². The number of rotatable bonds is 4. The molecule has 1 aromatic rings. The van der Waals surface area contributed by atoms with Crippen molar-refractivity contribution in [2.24, 2.45) is 0 Å². The number of amides is 2. The molecule has 0 saturated heterocycles. The Labute approximate surface area is 118 Å². The third kappa shape index (κ3) is 3.48. The zero-order valence-corrected chi connectivity index (χ0v) is 11.7. The molecule has 20 heavy (non-hydrogen) atoms. The van der Waals surface area contributed by atoms with Crippen molar-refractivity contribution in [2.75, 3.05) is 20.2 Å². The first-order valence-electron chi connectivity index (χ1n) is 6.99. The van der Waals surface area contributed by atoms with Crippen LogP contribution < -0.4 is 5.32 Å². The molecule has 0 spiro atoms. The minimum absolute atomic E-state index is 0.0457. The molecule has 2 amide bonds. The molecular weight excluding hydrogens is 259 g/mol. The van der Waals surface area contributed by atoms with Crippen molar-refractivity contribution in [3.63, 3.8) is 0 Å². The summed E-state index contributed by atoms with van der Waals surface area (Å²) < 4.78 is 13.0. The van der Waals surface area contributed by atoms with E-state index in [0.717, 1.165) is 24.8 Å². The van der Waals surface area contributed by atoms with Gasteiger partial charge in [0, 0.05) is 25.6 Å². The second kappa shape index (κ2) is 6.70. The van der Waals surface area contributed by atoms with Gasteiger partial charge in [0.1, 0.15) is 5.82 Å². The van der Waals surface area contributed by atoms with Gasteiger partial charge in [-0.3, -0.25) is 0 Å². The lowest BCUT2D eigenvalue weighted by atomic mass is 9.94. The number of aliphatic hydroxyl groups excluding tert-OH is 1. The van der Waals surface area contributed by atoms with Crippen LogP contribution in [-0.4, -0.2) is 42.3 Å². The fraction of sp³-hybridized carbons (Fsp3) is 0.533. The number of halogens is 1. The van der Waals surface area contributed by atoms with E-state index in [4.69, 9.17) is 5.11 Å². The summed E-state index contributed by atoms with van der Waals surface area (Å²) in [5.41, 5.74) is 1.07. The van der Waals surface area contributed by atoms with Gasteiger partial charge in [0.05, 0.1) is 6.61 Å². The van der Waals surface area contributed by atoms with Gasteiger partial charge in [-0.2, -0.15) is 0 Å². The zero-order chi connectivity index (χ0) is 14.5. The molecule has 0 radical (unpaired) electrons. The predicted octanol–water partition coefficient (Wildman–Crippen LogP) is 2.10. The topological polar surface area (TPSA) is 52.6 Å². The van der Waals surface area contributed by atoms with Crippen molar-refractivity contribution in [3.05, 3.63) is 35.6 Å². The van der Waals surface area contributed by atoms with Gasteiger partial charge in [-0.05, 0) is 30.5 Å². The van der Waals surface area contributed by atoms with E-state index in [1.807, 2.05) is 0 Å². The van der Waals surface area contributed by atoms with Gasteiger partial charge in [0.25, 0.3) is 0 Å². The molecule has 5 heteroatoms. The second-order valence-electron chi connectivity index (χ2n) is 5.29. The Bertz CT molecular complexity index is 450. The first kappa shape index (κ1) is 14.8. The molecule has 0 aliphatic heterocycles. The molecule has 1 fully saturated rings. The lowest BCUT2D eigenvalue weighted by Gasteiger charge is -2.25. The number of nitrogens with zero attached hydrogens (tertiary/aromatic N) is 1. The Morgan fingerprint density at radius 1 is 1.40 bits per heavy atom. The van der Waals surface area contributed by atoms with Crippen LogP contribution in [0.25, 0.3) is 0 Å². The van der Waals surface area contributed by atoms with Crippen molar-refractivity contribution >= 4 is 6.03 Å². The van der Waals surface area contributed by atoms with Crippen molar-refractivity contribution < 1.29 is 14.3 Å². The van der Waals surface area contributed by atoms with Crippen LogP contribution in [0.15, 0.2) is 24.3 Å². The third-order valence-electron chi connectivity index (χ3n) is 3.91. The lowest BCUT2D eigenvalue weighted by molar-refractivity contribution is 0.186. The monoisotopic (exact) mass is 280 g/mol. The largest absolute Gasteiger partial charge is 0.395 e. The maximum absolute atomic E-state index is 13.0. The molecule has 0 bridgehead atoms. The van der Waals surface area contributed by atoms with Crippen molar-refractivity contribution in [2.45, 2.75) is 31.2 Å². The molecule has 2 unspecified atom stereocenters. The van der Waals surface area contributed by atoms with Crippen molar-refractivity contribution in [1.82, 2.24) is 10.2 Å². The van der Waals surface area contributed by atoms with Crippen LogP contribution >= 0.6 is 0 Å². The normalized spacial score (nSPS) is 21.8. The van der Waals surface area contributed by atoms with E-state index in [1.54, 1.807) is 19.2 Å². The summed E-state index contributed by atoms with van der Waals surface area (Å²) in [5.74, 6) is -0.00270. The average molecular weight is 280 g/mol. The molecule has 110 valence electrons. The quantitative estimate of drug-likeness (QED) is 0.887. The number of hydrogen-bond donors (Lipinski definition) is 2. The van der Waals surface area contributed by atoms with Gasteiger partial charge < -0.3 is 15.3 Å². The van der Waals surface area contributed by atoms with Crippen LogP contribution in [0, 0.1) is 5.82 Å². The maximum atomic E-state index is 13.0. The highest BCUT2D eigenvalue weighted by molar-refractivity contribution is 5.74. The number of nitrogens with one attached hydrogen (secondary N) is 1. The Balaban J connectivity index is 2.00. The number of likely N-dealkylation sites (N-methyl/N-ethyl adjacent to an activating group) is 1. The summed E-state index contributed by atoms with van der Waals surface area (Å²) in [6, 6.07) is 6.42. The van der Waals surface area contributed by atoms with E-state index in [2.05, 4.69) is 5.32 Å². The van der Waals surface area contributed by atoms with E-state index in [1.165, 1.54) is 17.0 Å². The van der Waals surface area contributed by atoms with Crippen molar-refractivity contribution in [1.29, 1.82) is 0 Å². The summed E-state index contributed by atoms with van der Waals surface area (Å²) in [4.78, 5) is 13.4. The highest BCUT2D eigenvalue weighted by Gasteiger charge is 2.30. The number of aliphatic hydroxyl groups is 1. The molecule has 2 N–H and O–H groups in total. The van der Waals surface area contributed by atoms with Gasteiger partial charge in [0.2, 0.25) is 0 Å². The molecule has 1 aromatic carbocycles. The van der Waals surface area contributed by atoms with Gasteiger partial charge >= 0.3 is 6.03 Å². The summed E-state index contributed by atoms with van der Waals surface area (Å²) in [6.45, 7) is 0.274. The number of hydrogen-bond acceptors (Lipinski definition) is 2. The van der Waals surface area contributed by atoms with Crippen LogP contribution in [-0.2, 0) is 0 Å². The number of carbonyl (C=O) groups excluding carboxylic acids is 1. The maximum Gasteiger partial charge on any atom is 0.317 e. The van der Waals surface area contributed by atoms with E-state index >= 15 is 0 Å². The predicted molar refractivity (Wildman–Crippen MR) is 75.0 cm³/mol. The molecule has 0 heterocycles. The van der Waals surface area contributed by atoms with E-state index in [-0.39, 0.29) is 30.4 Å². The van der Waals surface area contributed by atoms with Crippen LogP contribution in [0.4, 0.5) is 9.18 Å². The fourth-order valence-corrected chi connectivity index (χ4v) is 2.76. The lowest BCUT2D eigenvalue weighted by Crippen LogP contribution is -2.44. The first-order valence-corrected chi connectivity index (χ1v) is 6.99. The summed E-state index contributed by atoms with van der Waals surface area (Å²) >= 11 is 0. The Morgan fingerprint density at radius 3 is 2.75 bits per heavy atom. The first-order chi connectivity index (χ1) is 9.61. The molecule has 4 nitrogen and oxygen atoms in total. The average Bonchev–Trinajstić information content (AvgIpc) is 2.88. The second-order valence-corrected chi connectivity index (χ2v) is 5.29. The van der Waals surface area contributed by atoms with E-state index in [9.17, 15) is 9.18 Å². The molecular formula is C15H21FN2O2. The Hall–Kier alpha value is -1.62.